The van der Waals surface area contributed by atoms with Crippen molar-refractivity contribution in [2.75, 3.05) is 0 Å². The normalized spacial score (nSPS) is 10.3. The molecule has 0 spiro atoms. The zero-order chi connectivity index (χ0) is 12.3. The molecular formula is C12H10BrFN2O. The molecule has 1 heterocycles. The van der Waals surface area contributed by atoms with E-state index in [1.165, 1.54) is 12.3 Å². The van der Waals surface area contributed by atoms with Crippen molar-refractivity contribution in [2.45, 2.75) is 6.54 Å². The van der Waals surface area contributed by atoms with Crippen LogP contribution in [0, 0.1) is 5.82 Å². The Hall–Kier alpha value is -1.46. The average molecular weight is 297 g/mol. The number of ether oxygens (including phenoxy) is 1. The third-order valence-corrected chi connectivity index (χ3v) is 2.57. The fourth-order valence-corrected chi connectivity index (χ4v) is 1.67. The van der Waals surface area contributed by atoms with Gasteiger partial charge in [0, 0.05) is 17.2 Å². The Morgan fingerprint density at radius 1 is 1.29 bits per heavy atom. The topological polar surface area (TPSA) is 48.1 Å². The summed E-state index contributed by atoms with van der Waals surface area (Å²) in [4.78, 5) is 3.93. The maximum Gasteiger partial charge on any atom is 0.166 e. The largest absolute Gasteiger partial charge is 0.453 e. The van der Waals surface area contributed by atoms with Crippen molar-refractivity contribution in [3.05, 3.63) is 52.5 Å². The standard InChI is InChI=1S/C12H10BrFN2O/c13-9-4-10(7-16-6-9)17-12-2-1-8(5-15)3-11(12)14/h1-4,6-7H,5,15H2. The molecule has 17 heavy (non-hydrogen) atoms. The van der Waals surface area contributed by atoms with Crippen LogP contribution in [0.4, 0.5) is 4.39 Å². The number of halogens is 2. The predicted octanol–water partition coefficient (Wildman–Crippen LogP) is 3.23. The summed E-state index contributed by atoms with van der Waals surface area (Å²) < 4.78 is 19.8. The zero-order valence-corrected chi connectivity index (χ0v) is 10.4. The summed E-state index contributed by atoms with van der Waals surface area (Å²) in [5, 5.41) is 0. The highest BCUT2D eigenvalue weighted by Crippen LogP contribution is 2.26. The van der Waals surface area contributed by atoms with Gasteiger partial charge in [-0.05, 0) is 39.7 Å². The van der Waals surface area contributed by atoms with Crippen LogP contribution >= 0.6 is 15.9 Å². The number of pyridine rings is 1. The molecule has 0 radical (unpaired) electrons. The van der Waals surface area contributed by atoms with Gasteiger partial charge in [0.05, 0.1) is 6.20 Å². The zero-order valence-electron chi connectivity index (χ0n) is 8.86. The van der Waals surface area contributed by atoms with E-state index >= 15 is 0 Å². The Morgan fingerprint density at radius 2 is 2.12 bits per heavy atom. The van der Waals surface area contributed by atoms with Crippen LogP contribution in [0.1, 0.15) is 5.56 Å². The molecule has 0 saturated carbocycles. The van der Waals surface area contributed by atoms with E-state index in [9.17, 15) is 4.39 Å². The van der Waals surface area contributed by atoms with Crippen molar-refractivity contribution < 1.29 is 9.13 Å². The van der Waals surface area contributed by atoms with E-state index in [0.29, 0.717) is 12.3 Å². The van der Waals surface area contributed by atoms with Gasteiger partial charge in [-0.1, -0.05) is 6.07 Å². The smallest absolute Gasteiger partial charge is 0.166 e. The molecule has 1 aromatic carbocycles. The van der Waals surface area contributed by atoms with Crippen LogP contribution in [0.5, 0.6) is 11.5 Å². The van der Waals surface area contributed by atoms with E-state index in [4.69, 9.17) is 10.5 Å². The lowest BCUT2D eigenvalue weighted by atomic mass is 10.2. The van der Waals surface area contributed by atoms with E-state index in [2.05, 4.69) is 20.9 Å². The summed E-state index contributed by atoms with van der Waals surface area (Å²) in [6.45, 7) is 0.301. The van der Waals surface area contributed by atoms with Crippen LogP contribution < -0.4 is 10.5 Å². The van der Waals surface area contributed by atoms with Gasteiger partial charge in [-0.2, -0.15) is 0 Å². The lowest BCUT2D eigenvalue weighted by molar-refractivity contribution is 0.439. The molecule has 0 aliphatic heterocycles. The minimum Gasteiger partial charge on any atom is -0.453 e. The number of nitrogens with zero attached hydrogens (tertiary/aromatic N) is 1. The quantitative estimate of drug-likeness (QED) is 0.946. The number of aromatic nitrogens is 1. The third kappa shape index (κ3) is 3.01. The van der Waals surface area contributed by atoms with Crippen molar-refractivity contribution >= 4 is 15.9 Å². The van der Waals surface area contributed by atoms with Crippen LogP contribution in [0.3, 0.4) is 0 Å². The maximum atomic E-state index is 13.6. The van der Waals surface area contributed by atoms with Crippen molar-refractivity contribution in [3.8, 4) is 11.5 Å². The van der Waals surface area contributed by atoms with Gasteiger partial charge in [0.15, 0.2) is 11.6 Å². The van der Waals surface area contributed by atoms with Crippen LogP contribution in [-0.2, 0) is 6.54 Å². The second-order valence-corrected chi connectivity index (χ2v) is 4.33. The second-order valence-electron chi connectivity index (χ2n) is 3.41. The summed E-state index contributed by atoms with van der Waals surface area (Å²) in [6.07, 6.45) is 3.14. The monoisotopic (exact) mass is 296 g/mol. The molecule has 0 atom stereocenters. The molecule has 0 bridgehead atoms. The van der Waals surface area contributed by atoms with Gasteiger partial charge in [-0.25, -0.2) is 4.39 Å². The average Bonchev–Trinajstić information content (AvgIpc) is 2.32. The van der Waals surface area contributed by atoms with E-state index < -0.39 is 5.82 Å². The van der Waals surface area contributed by atoms with Gasteiger partial charge in [0.2, 0.25) is 0 Å². The Labute approximate surface area is 107 Å². The summed E-state index contributed by atoms with van der Waals surface area (Å²) in [6, 6.07) is 6.35. The van der Waals surface area contributed by atoms with Crippen LogP contribution in [-0.4, -0.2) is 4.98 Å². The molecule has 0 aliphatic carbocycles. The first-order valence-corrected chi connectivity index (χ1v) is 5.75. The van der Waals surface area contributed by atoms with Gasteiger partial charge >= 0.3 is 0 Å². The summed E-state index contributed by atoms with van der Waals surface area (Å²) >= 11 is 3.26. The summed E-state index contributed by atoms with van der Waals surface area (Å²) in [7, 11) is 0. The predicted molar refractivity (Wildman–Crippen MR) is 66.3 cm³/mol. The highest BCUT2D eigenvalue weighted by molar-refractivity contribution is 9.10. The molecule has 1 aromatic heterocycles. The fourth-order valence-electron chi connectivity index (χ4n) is 1.33. The Bertz CT molecular complexity index is 534. The summed E-state index contributed by atoms with van der Waals surface area (Å²) in [5.74, 6) is 0.189. The Morgan fingerprint density at radius 3 is 2.76 bits per heavy atom. The van der Waals surface area contributed by atoms with Crippen LogP contribution in [0.2, 0.25) is 0 Å². The Kier molecular flexibility index (Phi) is 3.71. The first-order valence-electron chi connectivity index (χ1n) is 4.96. The van der Waals surface area contributed by atoms with Crippen molar-refractivity contribution in [1.29, 1.82) is 0 Å². The minimum absolute atomic E-state index is 0.155. The summed E-state index contributed by atoms with van der Waals surface area (Å²) in [5.41, 5.74) is 6.14. The van der Waals surface area contributed by atoms with Gasteiger partial charge in [0.25, 0.3) is 0 Å². The SMILES string of the molecule is NCc1ccc(Oc2cncc(Br)c2)c(F)c1. The molecule has 0 unspecified atom stereocenters. The third-order valence-electron chi connectivity index (χ3n) is 2.14. The van der Waals surface area contributed by atoms with Crippen molar-refractivity contribution in [2.24, 2.45) is 5.73 Å². The minimum atomic E-state index is -0.437. The van der Waals surface area contributed by atoms with Gasteiger partial charge in [-0.3, -0.25) is 4.98 Å². The molecule has 0 fully saturated rings. The molecule has 0 saturated heterocycles. The first kappa shape index (κ1) is 12.0. The van der Waals surface area contributed by atoms with Crippen molar-refractivity contribution in [1.82, 2.24) is 4.98 Å². The van der Waals surface area contributed by atoms with Gasteiger partial charge in [0.1, 0.15) is 5.75 Å². The van der Waals surface area contributed by atoms with Gasteiger partial charge < -0.3 is 10.5 Å². The molecule has 2 aromatic rings. The number of hydrogen-bond acceptors (Lipinski definition) is 3. The highest BCUT2D eigenvalue weighted by Gasteiger charge is 2.06. The maximum absolute atomic E-state index is 13.6. The number of nitrogens with two attached hydrogens (primary N) is 1. The second kappa shape index (κ2) is 5.25. The molecule has 3 nitrogen and oxygen atoms in total. The van der Waals surface area contributed by atoms with E-state index in [1.807, 2.05) is 0 Å². The molecule has 0 aliphatic rings. The molecular weight excluding hydrogens is 287 g/mol. The number of benzene rings is 1. The first-order chi connectivity index (χ1) is 8.19. The van der Waals surface area contributed by atoms with E-state index in [0.717, 1.165) is 10.0 Å². The number of rotatable bonds is 3. The van der Waals surface area contributed by atoms with E-state index in [-0.39, 0.29) is 5.75 Å². The lowest BCUT2D eigenvalue weighted by Gasteiger charge is -2.07. The molecule has 0 amide bonds. The van der Waals surface area contributed by atoms with Gasteiger partial charge in [-0.15, -0.1) is 0 Å². The Balaban J connectivity index is 2.24. The van der Waals surface area contributed by atoms with Crippen molar-refractivity contribution in [3.63, 3.8) is 0 Å². The highest BCUT2D eigenvalue weighted by atomic mass is 79.9. The molecule has 2 rings (SSSR count). The number of hydrogen-bond donors (Lipinski definition) is 1. The molecule has 2 N–H and O–H groups in total. The fraction of sp³-hybridized carbons (Fsp3) is 0.0833. The lowest BCUT2D eigenvalue weighted by Crippen LogP contribution is -1.97. The molecule has 88 valence electrons. The van der Waals surface area contributed by atoms with Crippen LogP contribution in [0.15, 0.2) is 41.1 Å². The molecule has 5 heteroatoms. The van der Waals surface area contributed by atoms with E-state index in [1.54, 1.807) is 24.4 Å². The van der Waals surface area contributed by atoms with Crippen LogP contribution in [0.25, 0.3) is 0 Å².